The topological polar surface area (TPSA) is 122 Å². The lowest BCUT2D eigenvalue weighted by molar-refractivity contribution is -0.119. The first-order valence-electron chi connectivity index (χ1n) is 5.46. The highest BCUT2D eigenvalue weighted by atomic mass is 16.4. The van der Waals surface area contributed by atoms with Crippen molar-refractivity contribution in [1.29, 1.82) is 0 Å². The predicted molar refractivity (Wildman–Crippen MR) is 64.3 cm³/mol. The van der Waals surface area contributed by atoms with Crippen LogP contribution in [-0.2, 0) is 4.79 Å². The number of carboxylic acids is 1. The molecule has 7 heteroatoms. The van der Waals surface area contributed by atoms with Gasteiger partial charge in [-0.05, 0) is 6.07 Å². The second-order valence-corrected chi connectivity index (χ2v) is 4.09. The Balaban J connectivity index is 2.19. The number of rotatable bonds is 4. The van der Waals surface area contributed by atoms with Crippen molar-refractivity contribution in [3.8, 4) is 0 Å². The smallest absolute Gasteiger partial charge is 0.337 e. The van der Waals surface area contributed by atoms with Crippen LogP contribution >= 0.6 is 0 Å². The van der Waals surface area contributed by atoms with Gasteiger partial charge < -0.3 is 16.2 Å². The number of Topliss-reactive ketones (excluding diaryl/α,β-unsaturated/α-hetero) is 1. The maximum atomic E-state index is 12.1. The largest absolute Gasteiger partial charge is 0.478 e. The SMILES string of the molecule is NC(=O)C1CC(C(=O)c2cncc(C(=O)O)c2)=CN1. The average molecular weight is 261 g/mol. The molecule has 0 saturated heterocycles. The third kappa shape index (κ3) is 2.59. The van der Waals surface area contributed by atoms with Gasteiger partial charge in [0, 0.05) is 36.2 Å². The second kappa shape index (κ2) is 4.89. The molecule has 1 atom stereocenters. The Morgan fingerprint density at radius 1 is 1.32 bits per heavy atom. The van der Waals surface area contributed by atoms with Crippen LogP contribution in [0, 0.1) is 0 Å². The average Bonchev–Trinajstić information content (AvgIpc) is 2.87. The van der Waals surface area contributed by atoms with Crippen LogP contribution in [-0.4, -0.2) is 33.8 Å². The Labute approximate surface area is 108 Å². The molecule has 0 spiro atoms. The van der Waals surface area contributed by atoms with Crippen LogP contribution in [0.5, 0.6) is 0 Å². The number of primary amides is 1. The van der Waals surface area contributed by atoms with Crippen molar-refractivity contribution in [3.05, 3.63) is 41.4 Å². The van der Waals surface area contributed by atoms with E-state index in [9.17, 15) is 14.4 Å². The fourth-order valence-electron chi connectivity index (χ4n) is 1.75. The first-order chi connectivity index (χ1) is 8.99. The Bertz CT molecular complexity index is 594. The van der Waals surface area contributed by atoms with Crippen LogP contribution in [0.4, 0.5) is 0 Å². The molecule has 1 aromatic heterocycles. The molecule has 0 saturated carbocycles. The molecule has 7 nitrogen and oxygen atoms in total. The summed E-state index contributed by atoms with van der Waals surface area (Å²) in [5, 5.41) is 11.5. The molecule has 0 aliphatic carbocycles. The van der Waals surface area contributed by atoms with Gasteiger partial charge in [0.2, 0.25) is 5.91 Å². The molecular formula is C12H11N3O4. The summed E-state index contributed by atoms with van der Waals surface area (Å²) in [5.41, 5.74) is 5.59. The van der Waals surface area contributed by atoms with Crippen molar-refractivity contribution >= 4 is 17.7 Å². The van der Waals surface area contributed by atoms with Gasteiger partial charge in [-0.2, -0.15) is 0 Å². The van der Waals surface area contributed by atoms with Crippen molar-refractivity contribution in [1.82, 2.24) is 10.3 Å². The molecule has 1 unspecified atom stereocenters. The van der Waals surface area contributed by atoms with E-state index in [0.717, 1.165) is 6.20 Å². The molecule has 1 aromatic rings. The quantitative estimate of drug-likeness (QED) is 0.639. The van der Waals surface area contributed by atoms with Gasteiger partial charge in [-0.25, -0.2) is 4.79 Å². The zero-order chi connectivity index (χ0) is 14.0. The summed E-state index contributed by atoms with van der Waals surface area (Å²) < 4.78 is 0. The minimum absolute atomic E-state index is 0.0659. The van der Waals surface area contributed by atoms with Gasteiger partial charge in [0.1, 0.15) is 6.04 Å². The van der Waals surface area contributed by atoms with E-state index in [1.54, 1.807) is 0 Å². The molecule has 0 bridgehead atoms. The van der Waals surface area contributed by atoms with E-state index in [1.165, 1.54) is 18.5 Å². The van der Waals surface area contributed by atoms with E-state index in [4.69, 9.17) is 10.8 Å². The van der Waals surface area contributed by atoms with Crippen molar-refractivity contribution in [2.45, 2.75) is 12.5 Å². The number of hydrogen-bond donors (Lipinski definition) is 3. The number of ketones is 1. The molecule has 19 heavy (non-hydrogen) atoms. The highest BCUT2D eigenvalue weighted by Crippen LogP contribution is 2.18. The number of hydrogen-bond acceptors (Lipinski definition) is 5. The summed E-state index contributed by atoms with van der Waals surface area (Å²) in [6.07, 6.45) is 4.05. The molecular weight excluding hydrogens is 250 g/mol. The summed E-state index contributed by atoms with van der Waals surface area (Å²) >= 11 is 0. The van der Waals surface area contributed by atoms with E-state index in [1.807, 2.05) is 0 Å². The lowest BCUT2D eigenvalue weighted by Crippen LogP contribution is -2.35. The zero-order valence-corrected chi connectivity index (χ0v) is 9.79. The van der Waals surface area contributed by atoms with Crippen LogP contribution in [0.1, 0.15) is 27.1 Å². The van der Waals surface area contributed by atoms with E-state index in [0.29, 0.717) is 5.57 Å². The summed E-state index contributed by atoms with van der Waals surface area (Å²) in [6.45, 7) is 0. The summed E-state index contributed by atoms with van der Waals surface area (Å²) in [5.74, 6) is -2.07. The van der Waals surface area contributed by atoms with Gasteiger partial charge in [-0.1, -0.05) is 0 Å². The summed E-state index contributed by atoms with van der Waals surface area (Å²) in [6, 6.07) is 0.644. The maximum Gasteiger partial charge on any atom is 0.337 e. The number of amides is 1. The van der Waals surface area contributed by atoms with Crippen molar-refractivity contribution in [2.24, 2.45) is 5.73 Å². The Kier molecular flexibility index (Phi) is 3.28. The first-order valence-corrected chi connectivity index (χ1v) is 5.46. The van der Waals surface area contributed by atoms with E-state index >= 15 is 0 Å². The lowest BCUT2D eigenvalue weighted by Gasteiger charge is -2.05. The molecule has 98 valence electrons. The first kappa shape index (κ1) is 12.7. The van der Waals surface area contributed by atoms with Crippen LogP contribution in [0.3, 0.4) is 0 Å². The van der Waals surface area contributed by atoms with Crippen LogP contribution in [0.2, 0.25) is 0 Å². The Morgan fingerprint density at radius 3 is 2.58 bits per heavy atom. The van der Waals surface area contributed by atoms with Crippen LogP contribution in [0.15, 0.2) is 30.2 Å². The summed E-state index contributed by atoms with van der Waals surface area (Å²) in [7, 11) is 0. The number of carboxylic acid groups (broad SMARTS) is 1. The highest BCUT2D eigenvalue weighted by molar-refractivity contribution is 6.10. The Hall–Kier alpha value is -2.70. The van der Waals surface area contributed by atoms with Gasteiger partial charge in [0.25, 0.3) is 0 Å². The fraction of sp³-hybridized carbons (Fsp3) is 0.167. The molecule has 1 aliphatic heterocycles. The van der Waals surface area contributed by atoms with Crippen LogP contribution in [0.25, 0.3) is 0 Å². The number of aromatic nitrogens is 1. The van der Waals surface area contributed by atoms with Gasteiger partial charge in [-0.3, -0.25) is 14.6 Å². The maximum absolute atomic E-state index is 12.1. The predicted octanol–water partition coefficient (Wildman–Crippen LogP) is -0.306. The molecule has 0 fully saturated rings. The van der Waals surface area contributed by atoms with Gasteiger partial charge in [-0.15, -0.1) is 0 Å². The minimum atomic E-state index is -1.16. The number of pyridine rings is 1. The number of nitrogens with two attached hydrogens (primary N) is 1. The normalized spacial score (nSPS) is 17.5. The number of nitrogens with one attached hydrogen (secondary N) is 1. The molecule has 2 rings (SSSR count). The van der Waals surface area contributed by atoms with Gasteiger partial charge in [0.15, 0.2) is 5.78 Å². The number of nitrogens with zero attached hydrogens (tertiary/aromatic N) is 1. The molecule has 1 aliphatic rings. The van der Waals surface area contributed by atoms with Crippen molar-refractivity contribution < 1.29 is 19.5 Å². The van der Waals surface area contributed by atoms with E-state index in [-0.39, 0.29) is 23.3 Å². The number of carbonyl (C=O) groups is 3. The van der Waals surface area contributed by atoms with E-state index < -0.39 is 17.9 Å². The lowest BCUT2D eigenvalue weighted by atomic mass is 10.0. The van der Waals surface area contributed by atoms with Gasteiger partial charge >= 0.3 is 5.97 Å². The molecule has 2 heterocycles. The third-order valence-corrected chi connectivity index (χ3v) is 2.77. The van der Waals surface area contributed by atoms with Gasteiger partial charge in [0.05, 0.1) is 5.56 Å². The second-order valence-electron chi connectivity index (χ2n) is 4.09. The monoisotopic (exact) mass is 261 g/mol. The van der Waals surface area contributed by atoms with Crippen molar-refractivity contribution in [2.75, 3.05) is 0 Å². The molecule has 4 N–H and O–H groups in total. The Morgan fingerprint density at radius 2 is 2.00 bits per heavy atom. The fourth-order valence-corrected chi connectivity index (χ4v) is 1.75. The van der Waals surface area contributed by atoms with E-state index in [2.05, 4.69) is 10.3 Å². The van der Waals surface area contributed by atoms with Crippen molar-refractivity contribution in [3.63, 3.8) is 0 Å². The highest BCUT2D eigenvalue weighted by Gasteiger charge is 2.26. The number of carbonyl (C=O) groups excluding carboxylic acids is 2. The zero-order valence-electron chi connectivity index (χ0n) is 9.79. The summed E-state index contributed by atoms with van der Waals surface area (Å²) in [4.78, 5) is 37.6. The van der Waals surface area contributed by atoms with Crippen LogP contribution < -0.4 is 11.1 Å². The standard InChI is InChI=1S/C12H11N3O4/c13-11(17)9-2-7(5-15-9)10(16)6-1-8(12(18)19)4-14-3-6/h1,3-5,9,15H,2H2,(H2,13,17)(H,18,19). The number of aromatic carboxylic acids is 1. The minimum Gasteiger partial charge on any atom is -0.478 e. The molecule has 0 aromatic carbocycles. The molecule has 1 amide bonds. The molecule has 0 radical (unpaired) electrons. The third-order valence-electron chi connectivity index (χ3n) is 2.77.